The van der Waals surface area contributed by atoms with Crippen LogP contribution in [0.25, 0.3) is 11.4 Å². The standard InChI is InChI=1S/C17H12ClF3N4O/c1-9-11(3-5-14(24-9)17(19,20)21)16(26)25-10-2-4-13(18)12(8-10)15-22-6-7-23-15/h2-8H,1H3,(H,22,23)(H,25,26). The number of amides is 1. The molecule has 2 heterocycles. The predicted molar refractivity (Wildman–Crippen MR) is 91.0 cm³/mol. The summed E-state index contributed by atoms with van der Waals surface area (Å²) in [6, 6.07) is 6.67. The smallest absolute Gasteiger partial charge is 0.345 e. The molecule has 0 aliphatic heterocycles. The lowest BCUT2D eigenvalue weighted by atomic mass is 10.1. The number of nitrogens with zero attached hydrogens (tertiary/aromatic N) is 2. The van der Waals surface area contributed by atoms with Gasteiger partial charge in [-0.15, -0.1) is 0 Å². The van der Waals surface area contributed by atoms with Crippen LogP contribution in [0.2, 0.25) is 5.02 Å². The quantitative estimate of drug-likeness (QED) is 0.691. The fourth-order valence-corrected chi connectivity index (χ4v) is 2.56. The second-order valence-corrected chi connectivity index (χ2v) is 5.82. The number of benzene rings is 1. The summed E-state index contributed by atoms with van der Waals surface area (Å²) in [5.74, 6) is -0.0464. The van der Waals surface area contributed by atoms with Gasteiger partial charge in [-0.25, -0.2) is 9.97 Å². The van der Waals surface area contributed by atoms with Gasteiger partial charge in [-0.05, 0) is 37.3 Å². The highest BCUT2D eigenvalue weighted by atomic mass is 35.5. The Labute approximate surface area is 151 Å². The molecule has 9 heteroatoms. The molecule has 0 spiro atoms. The lowest BCUT2D eigenvalue weighted by Crippen LogP contribution is -2.16. The maximum absolute atomic E-state index is 12.7. The Hall–Kier alpha value is -2.87. The number of carbonyl (C=O) groups is 1. The zero-order valence-electron chi connectivity index (χ0n) is 13.4. The first-order chi connectivity index (χ1) is 12.3. The van der Waals surface area contributed by atoms with E-state index in [1.165, 1.54) is 6.92 Å². The molecule has 3 aromatic rings. The van der Waals surface area contributed by atoms with Crippen molar-refractivity contribution in [3.8, 4) is 11.4 Å². The molecule has 2 N–H and O–H groups in total. The summed E-state index contributed by atoms with van der Waals surface area (Å²) < 4.78 is 38.0. The van der Waals surface area contributed by atoms with Crippen LogP contribution in [0.4, 0.5) is 18.9 Å². The number of carbonyl (C=O) groups excluding carboxylic acids is 1. The number of aromatic amines is 1. The molecule has 26 heavy (non-hydrogen) atoms. The molecule has 2 aromatic heterocycles. The number of aryl methyl sites for hydroxylation is 1. The molecule has 0 unspecified atom stereocenters. The Morgan fingerprint density at radius 2 is 2.00 bits per heavy atom. The van der Waals surface area contributed by atoms with Crippen LogP contribution in [-0.2, 0) is 6.18 Å². The highest BCUT2D eigenvalue weighted by molar-refractivity contribution is 6.33. The van der Waals surface area contributed by atoms with Gasteiger partial charge < -0.3 is 10.3 Å². The maximum atomic E-state index is 12.7. The number of H-pyrrole nitrogens is 1. The Balaban J connectivity index is 1.86. The van der Waals surface area contributed by atoms with Crippen LogP contribution < -0.4 is 5.32 Å². The van der Waals surface area contributed by atoms with E-state index in [4.69, 9.17) is 11.6 Å². The van der Waals surface area contributed by atoms with Crippen molar-refractivity contribution in [1.82, 2.24) is 15.0 Å². The van der Waals surface area contributed by atoms with Gasteiger partial charge >= 0.3 is 6.18 Å². The first-order valence-corrected chi connectivity index (χ1v) is 7.79. The number of anilines is 1. The van der Waals surface area contributed by atoms with E-state index in [0.29, 0.717) is 22.1 Å². The second kappa shape index (κ2) is 6.80. The van der Waals surface area contributed by atoms with Gasteiger partial charge in [-0.2, -0.15) is 13.2 Å². The van der Waals surface area contributed by atoms with Gasteiger partial charge in [-0.3, -0.25) is 4.79 Å². The van der Waals surface area contributed by atoms with Crippen LogP contribution in [0.1, 0.15) is 21.7 Å². The molecule has 0 radical (unpaired) electrons. The van der Waals surface area contributed by atoms with Gasteiger partial charge in [0.25, 0.3) is 5.91 Å². The van der Waals surface area contributed by atoms with Crippen molar-refractivity contribution in [2.45, 2.75) is 13.1 Å². The van der Waals surface area contributed by atoms with E-state index < -0.39 is 17.8 Å². The van der Waals surface area contributed by atoms with E-state index in [2.05, 4.69) is 20.3 Å². The highest BCUT2D eigenvalue weighted by Crippen LogP contribution is 2.30. The largest absolute Gasteiger partial charge is 0.433 e. The van der Waals surface area contributed by atoms with Crippen LogP contribution in [0, 0.1) is 6.92 Å². The number of hydrogen-bond acceptors (Lipinski definition) is 3. The molecule has 0 aliphatic carbocycles. The summed E-state index contributed by atoms with van der Waals surface area (Å²) in [7, 11) is 0. The molecular formula is C17H12ClF3N4O. The monoisotopic (exact) mass is 380 g/mol. The molecule has 3 rings (SSSR count). The van der Waals surface area contributed by atoms with Crippen molar-refractivity contribution in [1.29, 1.82) is 0 Å². The number of rotatable bonds is 3. The number of imidazole rings is 1. The number of hydrogen-bond donors (Lipinski definition) is 2. The first-order valence-electron chi connectivity index (χ1n) is 7.41. The number of alkyl halides is 3. The molecule has 1 amide bonds. The van der Waals surface area contributed by atoms with Gasteiger partial charge in [0.2, 0.25) is 0 Å². The number of halogens is 4. The molecule has 0 bridgehead atoms. The van der Waals surface area contributed by atoms with Crippen molar-refractivity contribution < 1.29 is 18.0 Å². The highest BCUT2D eigenvalue weighted by Gasteiger charge is 2.33. The van der Waals surface area contributed by atoms with Gasteiger partial charge in [0.15, 0.2) is 0 Å². The van der Waals surface area contributed by atoms with Crippen molar-refractivity contribution in [2.75, 3.05) is 5.32 Å². The third-order valence-corrected chi connectivity index (χ3v) is 3.93. The van der Waals surface area contributed by atoms with Gasteiger partial charge in [0, 0.05) is 23.6 Å². The molecule has 0 fully saturated rings. The SMILES string of the molecule is Cc1nc(C(F)(F)F)ccc1C(=O)Nc1ccc(Cl)c(-c2ncc[nH]2)c1. The molecule has 0 saturated carbocycles. The maximum Gasteiger partial charge on any atom is 0.433 e. The van der Waals surface area contributed by atoms with Crippen LogP contribution in [-0.4, -0.2) is 20.9 Å². The zero-order chi connectivity index (χ0) is 18.9. The molecule has 0 aliphatic rings. The number of aromatic nitrogens is 3. The van der Waals surface area contributed by atoms with Crippen molar-refractivity contribution >= 4 is 23.2 Å². The number of nitrogens with one attached hydrogen (secondary N) is 2. The van der Waals surface area contributed by atoms with Gasteiger partial charge in [-0.1, -0.05) is 11.6 Å². The topological polar surface area (TPSA) is 70.7 Å². The van der Waals surface area contributed by atoms with Gasteiger partial charge in [0.1, 0.15) is 11.5 Å². The Bertz CT molecular complexity index is 955. The number of pyridine rings is 1. The average Bonchev–Trinajstić information content (AvgIpc) is 3.10. The summed E-state index contributed by atoms with van der Waals surface area (Å²) in [5.41, 5.74) is -0.00924. The summed E-state index contributed by atoms with van der Waals surface area (Å²) >= 11 is 6.14. The lowest BCUT2D eigenvalue weighted by Gasteiger charge is -2.11. The van der Waals surface area contributed by atoms with Crippen molar-refractivity contribution in [3.63, 3.8) is 0 Å². The van der Waals surface area contributed by atoms with E-state index in [0.717, 1.165) is 12.1 Å². The lowest BCUT2D eigenvalue weighted by molar-refractivity contribution is -0.141. The minimum Gasteiger partial charge on any atom is -0.345 e. The Morgan fingerprint density at radius 3 is 2.62 bits per heavy atom. The van der Waals surface area contributed by atoms with Crippen molar-refractivity contribution in [2.24, 2.45) is 0 Å². The van der Waals surface area contributed by atoms with Crippen LogP contribution >= 0.6 is 11.6 Å². The van der Waals surface area contributed by atoms with E-state index >= 15 is 0 Å². The van der Waals surface area contributed by atoms with E-state index in [9.17, 15) is 18.0 Å². The Morgan fingerprint density at radius 1 is 1.23 bits per heavy atom. The molecular weight excluding hydrogens is 369 g/mol. The summed E-state index contributed by atoms with van der Waals surface area (Å²) in [5, 5.41) is 3.06. The Kier molecular flexibility index (Phi) is 4.69. The zero-order valence-corrected chi connectivity index (χ0v) is 14.1. The average molecular weight is 381 g/mol. The molecule has 0 saturated heterocycles. The van der Waals surface area contributed by atoms with Crippen LogP contribution in [0.3, 0.4) is 0 Å². The van der Waals surface area contributed by atoms with E-state index in [1.54, 1.807) is 30.6 Å². The van der Waals surface area contributed by atoms with Crippen molar-refractivity contribution in [3.05, 3.63) is 64.7 Å². The van der Waals surface area contributed by atoms with E-state index in [-0.39, 0.29) is 11.3 Å². The fourth-order valence-electron chi connectivity index (χ4n) is 2.35. The third kappa shape index (κ3) is 3.70. The molecule has 134 valence electrons. The van der Waals surface area contributed by atoms with E-state index in [1.807, 2.05) is 0 Å². The summed E-state index contributed by atoms with van der Waals surface area (Å²) in [6.07, 6.45) is -1.36. The molecule has 5 nitrogen and oxygen atoms in total. The van der Waals surface area contributed by atoms with Crippen LogP contribution in [0.15, 0.2) is 42.7 Å². The third-order valence-electron chi connectivity index (χ3n) is 3.60. The normalized spacial score (nSPS) is 11.4. The van der Waals surface area contributed by atoms with Gasteiger partial charge in [0.05, 0.1) is 16.3 Å². The molecule has 0 atom stereocenters. The second-order valence-electron chi connectivity index (χ2n) is 5.41. The predicted octanol–water partition coefficient (Wildman–Crippen LogP) is 4.70. The van der Waals surface area contributed by atoms with Crippen LogP contribution in [0.5, 0.6) is 0 Å². The summed E-state index contributed by atoms with van der Waals surface area (Å²) in [4.78, 5) is 22.9. The summed E-state index contributed by atoms with van der Waals surface area (Å²) in [6.45, 7) is 1.35. The first kappa shape index (κ1) is 17.9. The minimum absolute atomic E-state index is 0.0162. The fraction of sp³-hybridized carbons (Fsp3) is 0.118. The minimum atomic E-state index is -4.56. The molecule has 1 aromatic carbocycles.